The van der Waals surface area contributed by atoms with Crippen LogP contribution in [0.4, 0.5) is 0 Å². The standard InChI is InChI=1S/C21H25ClN2O5S/c1-16(29-20-7-3-2-6-19(20)22)21(25)23-12-15-28-17-8-10-18(11-9-17)30(26,27)24-13-4-5-14-24/h2-3,6-11,16H,4-5,12-15H2,1H3,(H,23,25). The summed E-state index contributed by atoms with van der Waals surface area (Å²) in [5, 5.41) is 3.17. The van der Waals surface area contributed by atoms with Crippen molar-refractivity contribution in [3.05, 3.63) is 53.6 Å². The summed E-state index contributed by atoms with van der Waals surface area (Å²) in [6.07, 6.45) is 1.09. The van der Waals surface area contributed by atoms with E-state index in [9.17, 15) is 13.2 Å². The Morgan fingerprint density at radius 2 is 1.80 bits per heavy atom. The number of carbonyl (C=O) groups is 1. The first-order chi connectivity index (χ1) is 14.4. The maximum absolute atomic E-state index is 12.5. The highest BCUT2D eigenvalue weighted by Gasteiger charge is 2.26. The molecular weight excluding hydrogens is 428 g/mol. The molecule has 2 aromatic carbocycles. The van der Waals surface area contributed by atoms with Crippen molar-refractivity contribution < 1.29 is 22.7 Å². The second-order valence-corrected chi connectivity index (χ2v) is 9.26. The molecule has 30 heavy (non-hydrogen) atoms. The molecule has 1 N–H and O–H groups in total. The van der Waals surface area contributed by atoms with Gasteiger partial charge in [-0.15, -0.1) is 0 Å². The molecule has 0 spiro atoms. The van der Waals surface area contributed by atoms with E-state index < -0.39 is 16.1 Å². The zero-order chi connectivity index (χ0) is 21.6. The maximum atomic E-state index is 12.5. The summed E-state index contributed by atoms with van der Waals surface area (Å²) in [7, 11) is -3.43. The Balaban J connectivity index is 1.43. The Bertz CT molecular complexity index is 960. The van der Waals surface area contributed by atoms with E-state index >= 15 is 0 Å². The van der Waals surface area contributed by atoms with E-state index in [2.05, 4.69) is 5.32 Å². The SMILES string of the molecule is CC(Oc1ccccc1Cl)C(=O)NCCOc1ccc(S(=O)(=O)N2CCCC2)cc1. The van der Waals surface area contributed by atoms with E-state index in [4.69, 9.17) is 21.1 Å². The van der Waals surface area contributed by atoms with Gasteiger partial charge >= 0.3 is 0 Å². The van der Waals surface area contributed by atoms with Crippen LogP contribution in [0.25, 0.3) is 0 Å². The Kier molecular flexibility index (Phi) is 7.58. The molecule has 0 saturated carbocycles. The van der Waals surface area contributed by atoms with Crippen molar-refractivity contribution in [2.24, 2.45) is 0 Å². The Morgan fingerprint density at radius 1 is 1.13 bits per heavy atom. The van der Waals surface area contributed by atoms with Crippen LogP contribution in [-0.2, 0) is 14.8 Å². The van der Waals surface area contributed by atoms with Gasteiger partial charge in [0.2, 0.25) is 10.0 Å². The molecule has 1 aliphatic heterocycles. The fourth-order valence-electron chi connectivity index (χ4n) is 3.06. The summed E-state index contributed by atoms with van der Waals surface area (Å²) in [5.41, 5.74) is 0. The molecule has 162 valence electrons. The zero-order valence-electron chi connectivity index (χ0n) is 16.7. The van der Waals surface area contributed by atoms with Crippen LogP contribution in [0, 0.1) is 0 Å². The minimum atomic E-state index is -3.43. The van der Waals surface area contributed by atoms with E-state index in [1.54, 1.807) is 55.5 Å². The first-order valence-corrected chi connectivity index (χ1v) is 11.6. The fourth-order valence-corrected chi connectivity index (χ4v) is 4.75. The molecule has 1 amide bonds. The second kappa shape index (κ2) is 10.1. The first-order valence-electron chi connectivity index (χ1n) is 9.80. The van der Waals surface area contributed by atoms with E-state index in [1.807, 2.05) is 0 Å². The molecule has 1 aliphatic rings. The number of halogens is 1. The lowest BCUT2D eigenvalue weighted by Crippen LogP contribution is -2.38. The lowest BCUT2D eigenvalue weighted by atomic mass is 10.3. The molecule has 7 nitrogen and oxygen atoms in total. The Labute approximate surface area is 182 Å². The number of benzene rings is 2. The highest BCUT2D eigenvalue weighted by molar-refractivity contribution is 7.89. The molecule has 1 unspecified atom stereocenters. The minimum Gasteiger partial charge on any atom is -0.492 e. The second-order valence-electron chi connectivity index (χ2n) is 6.91. The number of amides is 1. The number of ether oxygens (including phenoxy) is 2. The van der Waals surface area contributed by atoms with Crippen LogP contribution in [0.5, 0.6) is 11.5 Å². The van der Waals surface area contributed by atoms with Crippen LogP contribution in [0.15, 0.2) is 53.4 Å². The van der Waals surface area contributed by atoms with Gasteiger partial charge < -0.3 is 14.8 Å². The number of nitrogens with one attached hydrogen (secondary N) is 1. The number of hydrogen-bond donors (Lipinski definition) is 1. The van der Waals surface area contributed by atoms with Gasteiger partial charge in [0.05, 0.1) is 16.5 Å². The molecule has 1 heterocycles. The lowest BCUT2D eigenvalue weighted by molar-refractivity contribution is -0.127. The van der Waals surface area contributed by atoms with Crippen LogP contribution < -0.4 is 14.8 Å². The summed E-state index contributed by atoms with van der Waals surface area (Å²) < 4.78 is 37.7. The third-order valence-corrected chi connectivity index (χ3v) is 6.93. The summed E-state index contributed by atoms with van der Waals surface area (Å²) >= 11 is 6.03. The molecular formula is C21H25ClN2O5S. The maximum Gasteiger partial charge on any atom is 0.260 e. The summed E-state index contributed by atoms with van der Waals surface area (Å²) in [5.74, 6) is 0.692. The van der Waals surface area contributed by atoms with Gasteiger partial charge in [-0.1, -0.05) is 23.7 Å². The van der Waals surface area contributed by atoms with Gasteiger partial charge in [-0.3, -0.25) is 4.79 Å². The molecule has 0 aliphatic carbocycles. The molecule has 0 aromatic heterocycles. The lowest BCUT2D eigenvalue weighted by Gasteiger charge is -2.16. The van der Waals surface area contributed by atoms with Gasteiger partial charge in [-0.2, -0.15) is 4.31 Å². The van der Waals surface area contributed by atoms with Crippen molar-refractivity contribution >= 4 is 27.5 Å². The van der Waals surface area contributed by atoms with Crippen molar-refractivity contribution in [2.75, 3.05) is 26.2 Å². The smallest absolute Gasteiger partial charge is 0.260 e. The van der Waals surface area contributed by atoms with Crippen LogP contribution in [-0.4, -0.2) is 51.0 Å². The van der Waals surface area contributed by atoms with E-state index in [1.165, 1.54) is 4.31 Å². The quantitative estimate of drug-likeness (QED) is 0.591. The highest BCUT2D eigenvalue weighted by Crippen LogP contribution is 2.24. The average molecular weight is 453 g/mol. The van der Waals surface area contributed by atoms with Crippen LogP contribution in [0.3, 0.4) is 0 Å². The van der Waals surface area contributed by atoms with E-state index in [0.29, 0.717) is 29.6 Å². The van der Waals surface area contributed by atoms with Crippen molar-refractivity contribution in [1.82, 2.24) is 9.62 Å². The number of para-hydroxylation sites is 1. The fraction of sp³-hybridized carbons (Fsp3) is 0.381. The molecule has 0 radical (unpaired) electrons. The van der Waals surface area contributed by atoms with Crippen molar-refractivity contribution in [1.29, 1.82) is 0 Å². The topological polar surface area (TPSA) is 84.9 Å². The molecule has 3 rings (SSSR count). The van der Waals surface area contributed by atoms with E-state index in [-0.39, 0.29) is 24.0 Å². The summed E-state index contributed by atoms with van der Waals surface area (Å²) in [6.45, 7) is 3.29. The normalized spacial score (nSPS) is 15.5. The summed E-state index contributed by atoms with van der Waals surface area (Å²) in [4.78, 5) is 12.4. The Hall–Kier alpha value is -2.29. The molecule has 1 fully saturated rings. The van der Waals surface area contributed by atoms with Gasteiger partial charge in [-0.25, -0.2) is 8.42 Å². The number of hydrogen-bond acceptors (Lipinski definition) is 5. The first kappa shape index (κ1) is 22.4. The largest absolute Gasteiger partial charge is 0.492 e. The predicted octanol–water partition coefficient (Wildman–Crippen LogP) is 3.09. The summed E-state index contributed by atoms with van der Waals surface area (Å²) in [6, 6.07) is 13.3. The number of rotatable bonds is 9. The molecule has 1 atom stereocenters. The average Bonchev–Trinajstić information content (AvgIpc) is 3.29. The van der Waals surface area contributed by atoms with Gasteiger partial charge in [0.1, 0.15) is 18.1 Å². The predicted molar refractivity (Wildman–Crippen MR) is 114 cm³/mol. The monoisotopic (exact) mass is 452 g/mol. The molecule has 9 heteroatoms. The zero-order valence-corrected chi connectivity index (χ0v) is 18.3. The minimum absolute atomic E-state index is 0.239. The van der Waals surface area contributed by atoms with Crippen molar-refractivity contribution in [3.63, 3.8) is 0 Å². The van der Waals surface area contributed by atoms with Crippen LogP contribution >= 0.6 is 11.6 Å². The van der Waals surface area contributed by atoms with Crippen LogP contribution in [0.1, 0.15) is 19.8 Å². The van der Waals surface area contributed by atoms with Gasteiger partial charge in [0, 0.05) is 13.1 Å². The van der Waals surface area contributed by atoms with Gasteiger partial charge in [0.25, 0.3) is 5.91 Å². The highest BCUT2D eigenvalue weighted by atomic mass is 35.5. The number of nitrogens with zero attached hydrogens (tertiary/aromatic N) is 1. The molecule has 2 aromatic rings. The number of carbonyl (C=O) groups excluding carboxylic acids is 1. The molecule has 1 saturated heterocycles. The number of sulfonamides is 1. The van der Waals surface area contributed by atoms with Crippen molar-refractivity contribution in [2.45, 2.75) is 30.8 Å². The third-order valence-electron chi connectivity index (χ3n) is 4.71. The Morgan fingerprint density at radius 3 is 2.47 bits per heavy atom. The van der Waals surface area contributed by atoms with Crippen molar-refractivity contribution in [3.8, 4) is 11.5 Å². The van der Waals surface area contributed by atoms with Crippen LogP contribution in [0.2, 0.25) is 5.02 Å². The van der Waals surface area contributed by atoms with Gasteiger partial charge in [0.15, 0.2) is 6.10 Å². The van der Waals surface area contributed by atoms with Gasteiger partial charge in [-0.05, 0) is 56.2 Å². The van der Waals surface area contributed by atoms with E-state index in [0.717, 1.165) is 12.8 Å². The molecule has 0 bridgehead atoms. The third kappa shape index (κ3) is 5.65.